The topological polar surface area (TPSA) is 3.24 Å². The van der Waals surface area contributed by atoms with Gasteiger partial charge in [0.2, 0.25) is 0 Å². The second-order valence-electron chi connectivity index (χ2n) is 15.8. The van der Waals surface area contributed by atoms with Crippen LogP contribution >= 0.6 is 0 Å². The van der Waals surface area contributed by atoms with Crippen molar-refractivity contribution in [3.63, 3.8) is 0 Å². The normalized spacial score (nSPS) is 11.4. The summed E-state index contributed by atoms with van der Waals surface area (Å²) in [7, 11) is 1.87. The lowest BCUT2D eigenvalue weighted by atomic mass is 9.90. The first-order chi connectivity index (χ1) is 27.1. The highest BCUT2D eigenvalue weighted by Crippen LogP contribution is 2.41. The van der Waals surface area contributed by atoms with Crippen molar-refractivity contribution in [2.45, 2.75) is 91.0 Å². The van der Waals surface area contributed by atoms with Crippen molar-refractivity contribution in [1.82, 2.24) is 0 Å². The lowest BCUT2D eigenvalue weighted by molar-refractivity contribution is -0.137. The maximum absolute atomic E-state index is 13.7. The zero-order valence-corrected chi connectivity index (χ0v) is 36.0. The highest BCUT2D eigenvalue weighted by Gasteiger charge is 2.41. The molecule has 5 aromatic carbocycles. The van der Waals surface area contributed by atoms with Crippen LogP contribution in [0.2, 0.25) is 16.6 Å². The summed E-state index contributed by atoms with van der Waals surface area (Å²) in [6.07, 6.45) is -2.85. The fraction of sp³-hybridized carbons (Fsp3) is 0.308. The minimum absolute atomic E-state index is 0.416. The first-order valence-electron chi connectivity index (χ1n) is 20.0. The molecule has 0 radical (unpaired) electrons. The third kappa shape index (κ3) is 9.76. The van der Waals surface area contributed by atoms with Crippen molar-refractivity contribution in [3.05, 3.63) is 148 Å². The summed E-state index contributed by atoms with van der Waals surface area (Å²) in [5.74, 6) is 17.5. The molecule has 0 N–H and O–H groups in total. The van der Waals surface area contributed by atoms with Gasteiger partial charge in [-0.15, -0.1) is 5.54 Å². The van der Waals surface area contributed by atoms with E-state index in [0.717, 1.165) is 86.3 Å². The SMILES string of the molecule is CCc1cc(C#Cc2cc(-c3ccc(C(F)(F)F)cc3)c(C#C[Si](C(C)C)(C(C)C)C(C)C)cc2-c2ccc(N(C)C)cc2)c(CC)cc1C#Cc1ccccc1. The minimum Gasteiger partial charge on any atom is -0.378 e. The van der Waals surface area contributed by atoms with Crippen molar-refractivity contribution in [2.24, 2.45) is 0 Å². The number of hydrogen-bond donors (Lipinski definition) is 0. The van der Waals surface area contributed by atoms with Gasteiger partial charge in [0.15, 0.2) is 0 Å². The van der Waals surface area contributed by atoms with Gasteiger partial charge in [-0.2, -0.15) is 13.2 Å². The Hall–Kier alpha value is -5.41. The summed E-state index contributed by atoms with van der Waals surface area (Å²) in [5, 5.41) is 0. The molecule has 292 valence electrons. The Bertz CT molecular complexity index is 2350. The lowest BCUT2D eigenvalue weighted by Gasteiger charge is -2.38. The number of halogens is 3. The van der Waals surface area contributed by atoms with Gasteiger partial charge in [-0.25, -0.2) is 0 Å². The Labute approximate surface area is 340 Å². The van der Waals surface area contributed by atoms with Crippen molar-refractivity contribution < 1.29 is 13.2 Å². The molecule has 0 aliphatic rings. The van der Waals surface area contributed by atoms with Gasteiger partial charge in [-0.05, 0) is 124 Å². The molecular formula is C52H54F3NSi. The molecule has 1 nitrogen and oxygen atoms in total. The van der Waals surface area contributed by atoms with E-state index in [9.17, 15) is 13.2 Å². The van der Waals surface area contributed by atoms with E-state index in [1.165, 1.54) is 0 Å². The van der Waals surface area contributed by atoms with Gasteiger partial charge in [0.1, 0.15) is 8.07 Å². The average molecular weight is 778 g/mol. The molecule has 0 saturated heterocycles. The predicted molar refractivity (Wildman–Crippen MR) is 238 cm³/mol. The molecule has 0 atom stereocenters. The largest absolute Gasteiger partial charge is 0.416 e. The highest BCUT2D eigenvalue weighted by molar-refractivity contribution is 6.90. The Balaban J connectivity index is 1.79. The molecule has 0 amide bonds. The van der Waals surface area contributed by atoms with Crippen LogP contribution in [0.25, 0.3) is 22.3 Å². The smallest absolute Gasteiger partial charge is 0.378 e. The first-order valence-corrected chi connectivity index (χ1v) is 22.2. The Morgan fingerprint density at radius 3 is 1.42 bits per heavy atom. The predicted octanol–water partition coefficient (Wildman–Crippen LogP) is 13.6. The highest BCUT2D eigenvalue weighted by atomic mass is 28.3. The van der Waals surface area contributed by atoms with Crippen molar-refractivity contribution >= 4 is 13.8 Å². The molecule has 57 heavy (non-hydrogen) atoms. The molecule has 5 aromatic rings. The molecule has 0 aromatic heterocycles. The monoisotopic (exact) mass is 777 g/mol. The van der Waals surface area contributed by atoms with Crippen LogP contribution in [-0.2, 0) is 19.0 Å². The van der Waals surface area contributed by atoms with Crippen molar-refractivity contribution in [1.29, 1.82) is 0 Å². The molecule has 5 rings (SSSR count). The molecule has 0 unspecified atom stereocenters. The quantitative estimate of drug-likeness (QED) is 0.112. The van der Waals surface area contributed by atoms with E-state index in [1.807, 2.05) is 50.5 Å². The van der Waals surface area contributed by atoms with Gasteiger partial charge >= 0.3 is 6.18 Å². The van der Waals surface area contributed by atoms with Crippen molar-refractivity contribution in [2.75, 3.05) is 19.0 Å². The van der Waals surface area contributed by atoms with Crippen LogP contribution in [-0.4, -0.2) is 22.2 Å². The second-order valence-corrected chi connectivity index (χ2v) is 21.4. The van der Waals surface area contributed by atoms with E-state index in [4.69, 9.17) is 0 Å². The van der Waals surface area contributed by atoms with E-state index < -0.39 is 19.8 Å². The molecule has 0 bridgehead atoms. The Kier molecular flexibility index (Phi) is 13.7. The number of nitrogens with zero attached hydrogens (tertiary/aromatic N) is 1. The Morgan fingerprint density at radius 2 is 0.982 bits per heavy atom. The van der Waals surface area contributed by atoms with Crippen LogP contribution in [0, 0.1) is 35.1 Å². The number of anilines is 1. The molecule has 0 aliphatic carbocycles. The molecule has 0 heterocycles. The standard InChI is InChI=1S/C52H54F3NSi/c1-11-40-33-45(41(12-2)32-44(40)19-18-39-16-14-13-15-17-39)20-21-46-34-51(42-22-26-48(27-23-42)52(53,54)55)47(30-31-57(36(3)4,37(5)6)38(7)8)35-50(46)43-24-28-49(29-25-43)56(9)10/h13-17,22-29,32-38H,11-12H2,1-10H3. The molecular weight excluding hydrogens is 724 g/mol. The van der Waals surface area contributed by atoms with Gasteiger partial charge in [0, 0.05) is 47.6 Å². The number of hydrogen-bond acceptors (Lipinski definition) is 1. The van der Waals surface area contributed by atoms with Crippen LogP contribution in [0.1, 0.15) is 99.9 Å². The molecule has 5 heteroatoms. The molecule has 0 fully saturated rings. The summed E-state index contributed by atoms with van der Waals surface area (Å²) in [6.45, 7) is 18.0. The Morgan fingerprint density at radius 1 is 0.544 bits per heavy atom. The molecule has 0 spiro atoms. The summed E-state index contributed by atoms with van der Waals surface area (Å²) < 4.78 is 41.2. The summed E-state index contributed by atoms with van der Waals surface area (Å²) in [4.78, 5) is 2.06. The van der Waals surface area contributed by atoms with E-state index in [1.54, 1.807) is 12.1 Å². The van der Waals surface area contributed by atoms with Crippen LogP contribution in [0.15, 0.2) is 103 Å². The van der Waals surface area contributed by atoms with Gasteiger partial charge < -0.3 is 4.90 Å². The lowest BCUT2D eigenvalue weighted by Crippen LogP contribution is -2.43. The number of aryl methyl sites for hydroxylation is 2. The van der Waals surface area contributed by atoms with E-state index >= 15 is 0 Å². The molecule has 0 saturated carbocycles. The van der Waals surface area contributed by atoms with Crippen LogP contribution in [0.4, 0.5) is 18.9 Å². The van der Waals surface area contributed by atoms with Gasteiger partial charge in [0.05, 0.1) is 5.56 Å². The van der Waals surface area contributed by atoms with Gasteiger partial charge in [-0.3, -0.25) is 0 Å². The number of alkyl halides is 3. The maximum Gasteiger partial charge on any atom is 0.416 e. The van der Waals surface area contributed by atoms with Gasteiger partial charge in [0.25, 0.3) is 0 Å². The summed E-state index contributed by atoms with van der Waals surface area (Å²) in [5.41, 5.74) is 15.6. The van der Waals surface area contributed by atoms with Crippen LogP contribution < -0.4 is 4.90 Å². The fourth-order valence-corrected chi connectivity index (χ4v) is 13.2. The maximum atomic E-state index is 13.7. The zero-order valence-electron chi connectivity index (χ0n) is 35.0. The molecule has 0 aliphatic heterocycles. The number of rotatable bonds is 8. The zero-order chi connectivity index (χ0) is 41.5. The fourth-order valence-electron chi connectivity index (χ4n) is 7.97. The average Bonchev–Trinajstić information content (AvgIpc) is 3.19. The third-order valence-corrected chi connectivity index (χ3v) is 17.5. The van der Waals surface area contributed by atoms with E-state index in [-0.39, 0.29) is 0 Å². The van der Waals surface area contributed by atoms with E-state index in [2.05, 4.69) is 138 Å². The van der Waals surface area contributed by atoms with Crippen LogP contribution in [0.5, 0.6) is 0 Å². The minimum atomic E-state index is -4.44. The number of benzene rings is 5. The van der Waals surface area contributed by atoms with Crippen LogP contribution in [0.3, 0.4) is 0 Å². The summed E-state index contributed by atoms with van der Waals surface area (Å²) >= 11 is 0. The second kappa shape index (κ2) is 18.2. The first kappa shape index (κ1) is 42.7. The third-order valence-electron chi connectivity index (χ3n) is 11.2. The van der Waals surface area contributed by atoms with E-state index in [0.29, 0.717) is 22.2 Å². The van der Waals surface area contributed by atoms with Crippen molar-refractivity contribution in [3.8, 4) is 57.4 Å². The van der Waals surface area contributed by atoms with Gasteiger partial charge in [-0.1, -0.05) is 127 Å². The summed E-state index contributed by atoms with van der Waals surface area (Å²) in [6, 6.07) is 32.3.